The van der Waals surface area contributed by atoms with Crippen LogP contribution >= 0.6 is 0 Å². The van der Waals surface area contributed by atoms with Crippen molar-refractivity contribution < 1.29 is 4.39 Å². The van der Waals surface area contributed by atoms with E-state index in [9.17, 15) is 4.39 Å². The molecule has 0 aliphatic rings. The number of pyridine rings is 1. The van der Waals surface area contributed by atoms with Crippen LogP contribution in [0.15, 0.2) is 36.8 Å². The Morgan fingerprint density at radius 1 is 1.14 bits per heavy atom. The van der Waals surface area contributed by atoms with Gasteiger partial charge in [0.25, 0.3) is 0 Å². The monoisotopic (exact) mass is 283 g/mol. The predicted octanol–water partition coefficient (Wildman–Crippen LogP) is 4.07. The summed E-state index contributed by atoms with van der Waals surface area (Å²) in [5.41, 5.74) is 2.26. The van der Waals surface area contributed by atoms with Crippen molar-refractivity contribution in [3.05, 3.63) is 48.2 Å². The van der Waals surface area contributed by atoms with Crippen molar-refractivity contribution in [1.82, 2.24) is 14.8 Å². The van der Waals surface area contributed by atoms with Crippen LogP contribution in [0.1, 0.15) is 26.3 Å². The number of halogens is 1. The zero-order valence-electron chi connectivity index (χ0n) is 12.7. The molecule has 2 aromatic heterocycles. The van der Waals surface area contributed by atoms with Gasteiger partial charge in [0.15, 0.2) is 0 Å². The molecule has 0 N–H and O–H groups in total. The topological polar surface area (TPSA) is 30.7 Å². The number of aryl methyl sites for hydroxylation is 1. The number of aromatic nitrogens is 3. The van der Waals surface area contributed by atoms with E-state index in [2.05, 4.69) is 10.1 Å². The third-order valence-corrected chi connectivity index (χ3v) is 3.60. The highest BCUT2D eigenvalue weighted by molar-refractivity contribution is 5.88. The van der Waals surface area contributed by atoms with Gasteiger partial charge in [-0.25, -0.2) is 4.39 Å². The zero-order valence-corrected chi connectivity index (χ0v) is 12.7. The lowest BCUT2D eigenvalue weighted by Crippen LogP contribution is -2.14. The molecule has 0 atom stereocenters. The Hall–Kier alpha value is -2.23. The second kappa shape index (κ2) is 4.65. The summed E-state index contributed by atoms with van der Waals surface area (Å²) < 4.78 is 15.9. The first-order valence-corrected chi connectivity index (χ1v) is 6.94. The molecule has 0 unspecified atom stereocenters. The second-order valence-electron chi connectivity index (χ2n) is 6.37. The van der Waals surface area contributed by atoms with E-state index in [1.165, 1.54) is 6.07 Å². The van der Waals surface area contributed by atoms with Gasteiger partial charge in [-0.2, -0.15) is 5.10 Å². The maximum absolute atomic E-state index is 14.2. The van der Waals surface area contributed by atoms with Crippen LogP contribution in [0.5, 0.6) is 0 Å². The molecule has 0 radical (unpaired) electrons. The lowest BCUT2D eigenvalue weighted by Gasteiger charge is -2.22. The van der Waals surface area contributed by atoms with E-state index in [1.54, 1.807) is 23.1 Å². The molecule has 0 bridgehead atoms. The quantitative estimate of drug-likeness (QED) is 0.674. The lowest BCUT2D eigenvalue weighted by molar-refractivity contribution is 0.528. The van der Waals surface area contributed by atoms with Crippen molar-refractivity contribution in [3.63, 3.8) is 0 Å². The maximum atomic E-state index is 14.2. The van der Waals surface area contributed by atoms with Crippen LogP contribution in [-0.2, 0) is 12.5 Å². The summed E-state index contributed by atoms with van der Waals surface area (Å²) in [5, 5.41) is 6.03. The summed E-state index contributed by atoms with van der Waals surface area (Å²) in [6, 6.07) is 5.33. The van der Waals surface area contributed by atoms with Crippen molar-refractivity contribution in [2.75, 3.05) is 0 Å². The van der Waals surface area contributed by atoms with E-state index in [0.29, 0.717) is 5.56 Å². The molecule has 0 aliphatic carbocycles. The smallest absolute Gasteiger partial charge is 0.127 e. The van der Waals surface area contributed by atoms with Crippen molar-refractivity contribution in [2.24, 2.45) is 7.05 Å². The van der Waals surface area contributed by atoms with Crippen LogP contribution in [0.4, 0.5) is 4.39 Å². The SMILES string of the molecule is Cn1cc(-c2cc3ccc(F)c(C(C)(C)C)c3cn2)cn1. The standard InChI is InChI=1S/C17H18FN3/c1-17(2,3)16-13-9-19-15(12-8-20-21(4)10-12)7-11(13)5-6-14(16)18/h5-10H,1-4H3. The van der Waals surface area contributed by atoms with Gasteiger partial charge >= 0.3 is 0 Å². The molecule has 0 saturated carbocycles. The molecule has 4 heteroatoms. The van der Waals surface area contributed by atoms with Crippen molar-refractivity contribution in [1.29, 1.82) is 0 Å². The highest BCUT2D eigenvalue weighted by Crippen LogP contribution is 2.33. The zero-order chi connectivity index (χ0) is 15.2. The van der Waals surface area contributed by atoms with Gasteiger partial charge in [0.05, 0.1) is 11.9 Å². The molecule has 0 aliphatic heterocycles. The van der Waals surface area contributed by atoms with Crippen molar-refractivity contribution >= 4 is 10.8 Å². The van der Waals surface area contributed by atoms with E-state index >= 15 is 0 Å². The Balaban J connectivity index is 2.23. The lowest BCUT2D eigenvalue weighted by atomic mass is 9.83. The Labute approximate surface area is 123 Å². The third kappa shape index (κ3) is 2.42. The van der Waals surface area contributed by atoms with E-state index in [0.717, 1.165) is 22.0 Å². The summed E-state index contributed by atoms with van der Waals surface area (Å²) in [6.07, 6.45) is 5.46. The van der Waals surface area contributed by atoms with Crippen LogP contribution in [0.3, 0.4) is 0 Å². The van der Waals surface area contributed by atoms with E-state index in [4.69, 9.17) is 0 Å². The van der Waals surface area contributed by atoms with E-state index < -0.39 is 0 Å². The minimum absolute atomic E-state index is 0.175. The van der Waals surface area contributed by atoms with Gasteiger partial charge in [0.2, 0.25) is 0 Å². The summed E-state index contributed by atoms with van der Waals surface area (Å²) in [5.74, 6) is -0.175. The van der Waals surface area contributed by atoms with Gasteiger partial charge in [0.1, 0.15) is 5.82 Å². The van der Waals surface area contributed by atoms with Crippen LogP contribution in [0.2, 0.25) is 0 Å². The first-order valence-electron chi connectivity index (χ1n) is 6.94. The van der Waals surface area contributed by atoms with E-state index in [-0.39, 0.29) is 11.2 Å². The Morgan fingerprint density at radius 2 is 1.90 bits per heavy atom. The van der Waals surface area contributed by atoms with Crippen LogP contribution in [0, 0.1) is 5.82 Å². The Bertz CT molecular complexity index is 813. The molecule has 0 saturated heterocycles. The minimum atomic E-state index is -0.263. The normalized spacial score (nSPS) is 12.0. The highest BCUT2D eigenvalue weighted by Gasteiger charge is 2.21. The summed E-state index contributed by atoms with van der Waals surface area (Å²) >= 11 is 0. The van der Waals surface area contributed by atoms with E-state index in [1.807, 2.05) is 40.1 Å². The number of hydrogen-bond acceptors (Lipinski definition) is 2. The van der Waals surface area contributed by atoms with Crippen LogP contribution < -0.4 is 0 Å². The highest BCUT2D eigenvalue weighted by atomic mass is 19.1. The number of benzene rings is 1. The maximum Gasteiger partial charge on any atom is 0.127 e. The molecule has 0 fully saturated rings. The average molecular weight is 283 g/mol. The molecule has 1 aromatic carbocycles. The van der Waals surface area contributed by atoms with Gasteiger partial charge in [-0.15, -0.1) is 0 Å². The molecule has 0 amide bonds. The molecule has 2 heterocycles. The number of hydrogen-bond donors (Lipinski definition) is 0. The first kappa shape index (κ1) is 13.7. The average Bonchev–Trinajstić information content (AvgIpc) is 2.83. The molecule has 0 spiro atoms. The molecule has 3 aromatic rings. The van der Waals surface area contributed by atoms with Gasteiger partial charge in [-0.3, -0.25) is 9.67 Å². The van der Waals surface area contributed by atoms with Crippen LogP contribution in [-0.4, -0.2) is 14.8 Å². The fourth-order valence-electron chi connectivity index (χ4n) is 2.67. The Kier molecular flexibility index (Phi) is 3.04. The molecule has 3 nitrogen and oxygen atoms in total. The largest absolute Gasteiger partial charge is 0.275 e. The number of nitrogens with zero attached hydrogens (tertiary/aromatic N) is 3. The first-order chi connectivity index (χ1) is 9.86. The van der Waals surface area contributed by atoms with Crippen LogP contribution in [0.25, 0.3) is 22.0 Å². The summed E-state index contributed by atoms with van der Waals surface area (Å²) in [6.45, 7) is 6.04. The fraction of sp³-hybridized carbons (Fsp3) is 0.294. The van der Waals surface area contributed by atoms with Gasteiger partial charge in [-0.05, 0) is 22.9 Å². The van der Waals surface area contributed by atoms with Crippen molar-refractivity contribution in [3.8, 4) is 11.3 Å². The number of fused-ring (bicyclic) bond motifs is 1. The molecule has 108 valence electrons. The fourth-order valence-corrected chi connectivity index (χ4v) is 2.67. The Morgan fingerprint density at radius 3 is 2.52 bits per heavy atom. The molecule has 21 heavy (non-hydrogen) atoms. The predicted molar refractivity (Wildman–Crippen MR) is 82.6 cm³/mol. The van der Waals surface area contributed by atoms with Crippen molar-refractivity contribution in [2.45, 2.75) is 26.2 Å². The van der Waals surface area contributed by atoms with Gasteiger partial charge < -0.3 is 0 Å². The third-order valence-electron chi connectivity index (χ3n) is 3.60. The molecular weight excluding hydrogens is 265 g/mol. The second-order valence-corrected chi connectivity index (χ2v) is 6.37. The van der Waals surface area contributed by atoms with Gasteiger partial charge in [0, 0.05) is 36.0 Å². The molecule has 3 rings (SSSR count). The molecular formula is C17H18FN3. The number of rotatable bonds is 1. The summed E-state index contributed by atoms with van der Waals surface area (Å²) in [4.78, 5) is 4.49. The minimum Gasteiger partial charge on any atom is -0.275 e. The summed E-state index contributed by atoms with van der Waals surface area (Å²) in [7, 11) is 1.87. The van der Waals surface area contributed by atoms with Gasteiger partial charge in [-0.1, -0.05) is 26.8 Å².